The van der Waals surface area contributed by atoms with Crippen molar-refractivity contribution >= 4 is 34.6 Å². The highest BCUT2D eigenvalue weighted by Gasteiger charge is 2.27. The number of fused-ring (bicyclic) bond motifs is 1. The van der Waals surface area contributed by atoms with Crippen molar-refractivity contribution in [2.45, 2.75) is 50.2 Å². The number of aromatic amines is 1. The van der Waals surface area contributed by atoms with Crippen molar-refractivity contribution in [3.63, 3.8) is 0 Å². The molecule has 4 rings (SSSR count). The van der Waals surface area contributed by atoms with Crippen molar-refractivity contribution in [3.05, 3.63) is 107 Å². The zero-order valence-corrected chi connectivity index (χ0v) is 24.4. The summed E-state index contributed by atoms with van der Waals surface area (Å²) in [4.78, 5) is 53.2. The van der Waals surface area contributed by atoms with Gasteiger partial charge in [-0.1, -0.05) is 54.6 Å². The number of nitrogens with one attached hydrogen (secondary N) is 4. The van der Waals surface area contributed by atoms with Crippen LogP contribution in [0.25, 0.3) is 10.9 Å². The van der Waals surface area contributed by atoms with E-state index in [-0.39, 0.29) is 38.6 Å². The van der Waals surface area contributed by atoms with Crippen molar-refractivity contribution in [3.8, 4) is 0 Å². The number of aliphatic carboxylic acids is 1. The largest absolute Gasteiger partial charge is 0.481 e. The van der Waals surface area contributed by atoms with Gasteiger partial charge in [-0.2, -0.15) is 0 Å². The maximum atomic E-state index is 13.9. The Morgan fingerprint density at radius 3 is 2.27 bits per heavy atom. The van der Waals surface area contributed by atoms with Crippen LogP contribution in [0.2, 0.25) is 0 Å². The van der Waals surface area contributed by atoms with Gasteiger partial charge in [0.15, 0.2) is 11.6 Å². The fourth-order valence-corrected chi connectivity index (χ4v) is 4.94. The molecule has 0 aliphatic heterocycles. The molecule has 0 spiro atoms. The van der Waals surface area contributed by atoms with Crippen molar-refractivity contribution in [1.82, 2.24) is 20.9 Å². The summed E-state index contributed by atoms with van der Waals surface area (Å²) in [6, 6.07) is 17.1. The number of para-hydroxylation sites is 1. The molecular formula is C33H35F2N5O5. The highest BCUT2D eigenvalue weighted by molar-refractivity contribution is 5.91. The first-order valence-electron chi connectivity index (χ1n) is 14.5. The SMILES string of the molecule is N[C@@H](Cc1c[nH]c2ccccc12)C(=O)N[C@@H](Cc1ccccc1)C(=O)N[C@@H](CNC(=O)CCC(=O)O)Cc1ccc(F)c(F)c1. The lowest BCUT2D eigenvalue weighted by molar-refractivity contribution is -0.138. The smallest absolute Gasteiger partial charge is 0.303 e. The monoisotopic (exact) mass is 619 g/mol. The molecule has 0 saturated heterocycles. The van der Waals surface area contributed by atoms with Crippen LogP contribution in [0.15, 0.2) is 79.0 Å². The Hall–Kier alpha value is -5.10. The van der Waals surface area contributed by atoms with E-state index in [0.717, 1.165) is 34.2 Å². The lowest BCUT2D eigenvalue weighted by atomic mass is 10.0. The number of H-pyrrole nitrogens is 1. The minimum Gasteiger partial charge on any atom is -0.481 e. The van der Waals surface area contributed by atoms with E-state index >= 15 is 0 Å². The second kappa shape index (κ2) is 15.6. The predicted octanol–water partition coefficient (Wildman–Crippen LogP) is 2.75. The van der Waals surface area contributed by atoms with E-state index < -0.39 is 53.5 Å². The first-order valence-corrected chi connectivity index (χ1v) is 14.5. The number of amides is 3. The molecule has 0 aliphatic carbocycles. The Bertz CT molecular complexity index is 1650. The third-order valence-electron chi connectivity index (χ3n) is 7.29. The number of benzene rings is 3. The maximum absolute atomic E-state index is 13.9. The first-order chi connectivity index (χ1) is 21.6. The summed E-state index contributed by atoms with van der Waals surface area (Å²) in [6.45, 7) is -0.130. The Balaban J connectivity index is 1.50. The number of nitrogens with two attached hydrogens (primary N) is 1. The van der Waals surface area contributed by atoms with Crippen LogP contribution in [-0.4, -0.2) is 58.5 Å². The fraction of sp³-hybridized carbons (Fsp3) is 0.273. The molecule has 45 heavy (non-hydrogen) atoms. The van der Waals surface area contributed by atoms with Gasteiger partial charge in [0, 0.05) is 36.5 Å². The number of halogens is 2. The summed E-state index contributed by atoms with van der Waals surface area (Å²) in [7, 11) is 0. The Labute approximate surface area is 258 Å². The number of carboxylic acid groups (broad SMARTS) is 1. The van der Waals surface area contributed by atoms with Gasteiger partial charge in [-0.3, -0.25) is 19.2 Å². The molecule has 0 saturated carbocycles. The lowest BCUT2D eigenvalue weighted by Gasteiger charge is -2.25. The molecule has 1 heterocycles. The van der Waals surface area contributed by atoms with Crippen LogP contribution < -0.4 is 21.7 Å². The number of rotatable bonds is 15. The number of aromatic nitrogens is 1. The van der Waals surface area contributed by atoms with Gasteiger partial charge < -0.3 is 31.8 Å². The Morgan fingerprint density at radius 1 is 0.800 bits per heavy atom. The molecule has 0 unspecified atom stereocenters. The molecule has 0 radical (unpaired) electrons. The highest BCUT2D eigenvalue weighted by atomic mass is 19.2. The minimum atomic E-state index is -1.14. The predicted molar refractivity (Wildman–Crippen MR) is 164 cm³/mol. The van der Waals surface area contributed by atoms with Crippen molar-refractivity contribution < 1.29 is 33.1 Å². The van der Waals surface area contributed by atoms with E-state index in [9.17, 15) is 28.0 Å². The zero-order chi connectivity index (χ0) is 32.3. The number of carbonyl (C=O) groups excluding carboxylic acids is 3. The van der Waals surface area contributed by atoms with Crippen LogP contribution in [0.4, 0.5) is 8.78 Å². The van der Waals surface area contributed by atoms with Crippen molar-refractivity contribution in [2.75, 3.05) is 6.54 Å². The van der Waals surface area contributed by atoms with Crippen LogP contribution in [0.3, 0.4) is 0 Å². The minimum absolute atomic E-state index is 0.00817. The molecule has 3 aromatic carbocycles. The molecular weight excluding hydrogens is 584 g/mol. The fourth-order valence-electron chi connectivity index (χ4n) is 4.94. The van der Waals surface area contributed by atoms with E-state index in [2.05, 4.69) is 20.9 Å². The quantitative estimate of drug-likeness (QED) is 0.120. The summed E-state index contributed by atoms with van der Waals surface area (Å²) >= 11 is 0. The molecule has 1 aromatic heterocycles. The third-order valence-corrected chi connectivity index (χ3v) is 7.29. The summed E-state index contributed by atoms with van der Waals surface area (Å²) in [5.41, 5.74) is 9.16. The van der Waals surface area contributed by atoms with Crippen molar-refractivity contribution in [2.24, 2.45) is 5.73 Å². The van der Waals surface area contributed by atoms with Gasteiger partial charge in [0.25, 0.3) is 0 Å². The normalized spacial score (nSPS) is 13.0. The van der Waals surface area contributed by atoms with Crippen LogP contribution in [0, 0.1) is 11.6 Å². The number of carbonyl (C=O) groups is 4. The number of carboxylic acids is 1. The molecule has 7 N–H and O–H groups in total. The van der Waals surface area contributed by atoms with Gasteiger partial charge in [0.05, 0.1) is 18.5 Å². The number of hydrogen-bond donors (Lipinski definition) is 6. The van der Waals surface area contributed by atoms with E-state index in [4.69, 9.17) is 10.8 Å². The molecule has 236 valence electrons. The zero-order valence-electron chi connectivity index (χ0n) is 24.4. The van der Waals surface area contributed by atoms with Crippen LogP contribution >= 0.6 is 0 Å². The topological polar surface area (TPSA) is 166 Å². The second-order valence-electron chi connectivity index (χ2n) is 10.8. The van der Waals surface area contributed by atoms with Gasteiger partial charge in [-0.15, -0.1) is 0 Å². The van der Waals surface area contributed by atoms with Gasteiger partial charge in [-0.05, 0) is 47.7 Å². The third kappa shape index (κ3) is 9.70. The average Bonchev–Trinajstić information content (AvgIpc) is 3.43. The molecule has 0 fully saturated rings. The standard InChI is InChI=1S/C33H35F2N5O5/c34-25-11-10-21(15-26(25)35)14-23(19-38-30(41)12-13-31(42)43)39-33(45)29(16-20-6-2-1-3-7-20)40-32(44)27(36)17-22-18-37-28-9-5-4-8-24(22)28/h1-11,15,18,23,27,29,37H,12-14,16-17,19,36H2,(H,38,41)(H,39,45)(H,40,44)(H,42,43)/t23-,27+,29+/m1/s1. The van der Waals surface area contributed by atoms with E-state index in [1.807, 2.05) is 30.3 Å². The van der Waals surface area contributed by atoms with Crippen LogP contribution in [0.5, 0.6) is 0 Å². The maximum Gasteiger partial charge on any atom is 0.303 e. The van der Waals surface area contributed by atoms with Crippen LogP contribution in [0.1, 0.15) is 29.5 Å². The van der Waals surface area contributed by atoms with Gasteiger partial charge >= 0.3 is 5.97 Å². The molecule has 10 nitrogen and oxygen atoms in total. The first kappa shape index (κ1) is 32.8. The molecule has 3 amide bonds. The summed E-state index contributed by atoms with van der Waals surface area (Å²) in [6.07, 6.45) is 1.49. The van der Waals surface area contributed by atoms with Crippen molar-refractivity contribution in [1.29, 1.82) is 0 Å². The van der Waals surface area contributed by atoms with Crippen LogP contribution in [-0.2, 0) is 38.4 Å². The molecule has 0 aliphatic rings. The molecule has 0 bridgehead atoms. The molecule has 3 atom stereocenters. The molecule has 4 aromatic rings. The Kier molecular flexibility index (Phi) is 11.4. The summed E-state index contributed by atoms with van der Waals surface area (Å²) in [5, 5.41) is 17.9. The van der Waals surface area contributed by atoms with E-state index in [0.29, 0.717) is 5.56 Å². The highest BCUT2D eigenvalue weighted by Crippen LogP contribution is 2.19. The summed E-state index contributed by atoms with van der Waals surface area (Å²) < 4.78 is 27.5. The van der Waals surface area contributed by atoms with E-state index in [1.165, 1.54) is 6.07 Å². The number of hydrogen-bond acceptors (Lipinski definition) is 5. The van der Waals surface area contributed by atoms with Gasteiger partial charge in [0.1, 0.15) is 6.04 Å². The lowest BCUT2D eigenvalue weighted by Crippen LogP contribution is -2.56. The summed E-state index contributed by atoms with van der Waals surface area (Å²) in [5.74, 6) is -4.93. The molecule has 12 heteroatoms. The van der Waals surface area contributed by atoms with E-state index in [1.54, 1.807) is 30.5 Å². The Morgan fingerprint density at radius 2 is 1.53 bits per heavy atom. The second-order valence-corrected chi connectivity index (χ2v) is 10.8. The average molecular weight is 620 g/mol. The van der Waals surface area contributed by atoms with Gasteiger partial charge in [-0.25, -0.2) is 8.78 Å². The van der Waals surface area contributed by atoms with Gasteiger partial charge in [0.2, 0.25) is 17.7 Å².